The molecule has 1 N–H and O–H groups in total. The van der Waals surface area contributed by atoms with Crippen LogP contribution in [0.1, 0.15) is 59.4 Å². The third kappa shape index (κ3) is 5.87. The number of thioether (sulfide) groups is 1. The first-order valence-electron chi connectivity index (χ1n) is 14.7. The van der Waals surface area contributed by atoms with Gasteiger partial charge in [0.25, 0.3) is 0 Å². The van der Waals surface area contributed by atoms with E-state index in [-0.39, 0.29) is 35.7 Å². The Hall–Kier alpha value is -2.58. The van der Waals surface area contributed by atoms with E-state index in [1.54, 1.807) is 22.7 Å². The second-order valence-corrected chi connectivity index (χ2v) is 15.1. The zero-order chi connectivity index (χ0) is 30.2. The Labute approximate surface area is 249 Å². The molecule has 2 unspecified atom stereocenters. The number of fused-ring (bicyclic) bond motifs is 1. The van der Waals surface area contributed by atoms with Crippen LogP contribution in [-0.4, -0.2) is 80.1 Å². The summed E-state index contributed by atoms with van der Waals surface area (Å²) >= 11 is 1.61. The van der Waals surface area contributed by atoms with Crippen LogP contribution < -0.4 is 0 Å². The van der Waals surface area contributed by atoms with Crippen LogP contribution in [-0.2, 0) is 25.5 Å². The van der Waals surface area contributed by atoms with Gasteiger partial charge in [0, 0.05) is 17.3 Å². The number of rotatable bonds is 12. The molecule has 6 atom stereocenters. The van der Waals surface area contributed by atoms with E-state index in [1.807, 2.05) is 35.2 Å². The molecule has 7 nitrogen and oxygen atoms in total. The van der Waals surface area contributed by atoms with E-state index < -0.39 is 40.2 Å². The number of hydrogen-bond acceptors (Lipinski definition) is 6. The summed E-state index contributed by atoms with van der Waals surface area (Å²) in [6.45, 7) is 18.3. The van der Waals surface area contributed by atoms with Gasteiger partial charge in [-0.1, -0.05) is 69.8 Å². The van der Waals surface area contributed by atoms with E-state index in [0.717, 1.165) is 18.4 Å². The van der Waals surface area contributed by atoms with Crippen molar-refractivity contribution in [3.63, 3.8) is 0 Å². The molecule has 0 aliphatic carbocycles. The highest BCUT2D eigenvalue weighted by Gasteiger charge is 2.75. The van der Waals surface area contributed by atoms with Crippen LogP contribution >= 0.6 is 11.8 Å². The van der Waals surface area contributed by atoms with E-state index in [1.165, 1.54) is 6.08 Å². The van der Waals surface area contributed by atoms with E-state index in [2.05, 4.69) is 47.8 Å². The number of likely N-dealkylation sites (tertiary alicyclic amines) is 1. The van der Waals surface area contributed by atoms with Crippen molar-refractivity contribution in [1.29, 1.82) is 0 Å². The Morgan fingerprint density at radius 1 is 1.20 bits per heavy atom. The SMILES string of the molecule is C=CCOC(=O)[C@@H]1[C@H]2C(=O)N([C@@H](CO)Cc3ccccc3)C(C(=O)N(CC=C)C(C)(C)CC(C)(C)C)C23CC[C@H]1S3. The van der Waals surface area contributed by atoms with Gasteiger partial charge in [-0.05, 0) is 50.5 Å². The zero-order valence-corrected chi connectivity index (χ0v) is 26.0. The number of aliphatic hydroxyl groups is 1. The van der Waals surface area contributed by atoms with Crippen LogP contribution in [0.2, 0.25) is 0 Å². The van der Waals surface area contributed by atoms with Crippen molar-refractivity contribution in [1.82, 2.24) is 9.80 Å². The molecule has 1 aromatic carbocycles. The molecule has 2 bridgehead atoms. The van der Waals surface area contributed by atoms with Crippen LogP contribution in [0.3, 0.4) is 0 Å². The number of hydrogen-bond donors (Lipinski definition) is 1. The highest BCUT2D eigenvalue weighted by atomic mass is 32.2. The highest BCUT2D eigenvalue weighted by molar-refractivity contribution is 8.02. The lowest BCUT2D eigenvalue weighted by molar-refractivity contribution is -0.153. The lowest BCUT2D eigenvalue weighted by atomic mass is 9.71. The molecule has 0 radical (unpaired) electrons. The lowest BCUT2D eigenvalue weighted by Gasteiger charge is -2.46. The maximum Gasteiger partial charge on any atom is 0.311 e. The molecule has 1 aromatic rings. The molecule has 4 rings (SSSR count). The van der Waals surface area contributed by atoms with Gasteiger partial charge in [-0.25, -0.2) is 0 Å². The Morgan fingerprint density at radius 2 is 1.88 bits per heavy atom. The van der Waals surface area contributed by atoms with Crippen LogP contribution in [0.4, 0.5) is 0 Å². The number of esters is 1. The highest BCUT2D eigenvalue weighted by Crippen LogP contribution is 2.67. The summed E-state index contributed by atoms with van der Waals surface area (Å²) in [7, 11) is 0. The standard InChI is InChI=1S/C33H46N2O5S/c1-8-17-34(32(6,7)21-31(3,4)5)29(38)27-33-16-15-24(41-33)25(30(39)40-18-9-2)26(33)28(37)35(27)23(20-36)19-22-13-11-10-12-14-22/h8-14,23-27,36H,1-2,15-21H2,3-7H3/t23-,24-,25+,26+,27?,33?/m1/s1. The van der Waals surface area contributed by atoms with Crippen LogP contribution in [0.15, 0.2) is 55.6 Å². The fraction of sp³-hybridized carbons (Fsp3) is 0.606. The first kappa shape index (κ1) is 31.4. The topological polar surface area (TPSA) is 87.1 Å². The van der Waals surface area contributed by atoms with Crippen molar-refractivity contribution >= 4 is 29.5 Å². The van der Waals surface area contributed by atoms with Crippen LogP contribution in [0.5, 0.6) is 0 Å². The van der Waals surface area contributed by atoms with Gasteiger partial charge >= 0.3 is 5.97 Å². The molecule has 3 saturated heterocycles. The third-order valence-corrected chi connectivity index (χ3v) is 10.7. The van der Waals surface area contributed by atoms with E-state index in [9.17, 15) is 19.5 Å². The molecular weight excluding hydrogens is 536 g/mol. The van der Waals surface area contributed by atoms with Crippen molar-refractivity contribution in [3.8, 4) is 0 Å². The van der Waals surface area contributed by atoms with Gasteiger partial charge in [0.05, 0.1) is 29.2 Å². The predicted molar refractivity (Wildman–Crippen MR) is 163 cm³/mol. The largest absolute Gasteiger partial charge is 0.461 e. The number of aliphatic hydroxyl groups excluding tert-OH is 1. The van der Waals surface area contributed by atoms with Gasteiger partial charge < -0.3 is 19.6 Å². The molecule has 3 fully saturated rings. The summed E-state index contributed by atoms with van der Waals surface area (Å²) in [5.74, 6) is -2.10. The van der Waals surface area contributed by atoms with Crippen molar-refractivity contribution in [2.45, 2.75) is 87.9 Å². The number of nitrogens with zero attached hydrogens (tertiary/aromatic N) is 2. The molecule has 3 aliphatic heterocycles. The van der Waals surface area contributed by atoms with Gasteiger partial charge in [-0.2, -0.15) is 0 Å². The lowest BCUT2D eigenvalue weighted by Crippen LogP contribution is -2.61. The number of carbonyl (C=O) groups excluding carboxylic acids is 3. The third-order valence-electron chi connectivity index (χ3n) is 8.78. The van der Waals surface area contributed by atoms with Gasteiger partial charge in [-0.3, -0.25) is 14.4 Å². The Balaban J connectivity index is 1.81. The number of amides is 2. The quantitative estimate of drug-likeness (QED) is 0.286. The average molecular weight is 583 g/mol. The van der Waals surface area contributed by atoms with Crippen molar-refractivity contribution in [3.05, 3.63) is 61.2 Å². The fourth-order valence-electron chi connectivity index (χ4n) is 7.71. The summed E-state index contributed by atoms with van der Waals surface area (Å²) < 4.78 is 4.72. The molecule has 224 valence electrons. The van der Waals surface area contributed by atoms with Gasteiger partial charge in [-0.15, -0.1) is 18.3 Å². The Kier molecular flexibility index (Phi) is 9.15. The molecule has 2 amide bonds. The molecule has 0 aromatic heterocycles. The maximum atomic E-state index is 14.9. The average Bonchev–Trinajstić information content (AvgIpc) is 3.55. The van der Waals surface area contributed by atoms with Crippen LogP contribution in [0, 0.1) is 17.3 Å². The first-order valence-corrected chi connectivity index (χ1v) is 15.5. The van der Waals surface area contributed by atoms with Crippen LogP contribution in [0.25, 0.3) is 0 Å². The number of ether oxygens (including phenoxy) is 1. The van der Waals surface area contributed by atoms with Crippen molar-refractivity contribution in [2.75, 3.05) is 19.8 Å². The van der Waals surface area contributed by atoms with Gasteiger partial charge in [0.1, 0.15) is 12.6 Å². The van der Waals surface area contributed by atoms with Gasteiger partial charge in [0.2, 0.25) is 11.8 Å². The van der Waals surface area contributed by atoms with Crippen molar-refractivity contribution in [2.24, 2.45) is 17.3 Å². The minimum atomic E-state index is -0.813. The summed E-state index contributed by atoms with van der Waals surface area (Å²) in [5.41, 5.74) is 0.400. The summed E-state index contributed by atoms with van der Waals surface area (Å²) in [6.07, 6.45) is 5.80. The van der Waals surface area contributed by atoms with Gasteiger partial charge in [0.15, 0.2) is 0 Å². The Bertz CT molecular complexity index is 1160. The summed E-state index contributed by atoms with van der Waals surface area (Å²) in [4.78, 5) is 46.3. The first-order chi connectivity index (χ1) is 19.3. The molecule has 41 heavy (non-hydrogen) atoms. The zero-order valence-electron chi connectivity index (χ0n) is 25.2. The smallest absolute Gasteiger partial charge is 0.311 e. The fourth-order valence-corrected chi connectivity index (χ4v) is 9.90. The van der Waals surface area contributed by atoms with E-state index >= 15 is 0 Å². The minimum Gasteiger partial charge on any atom is -0.461 e. The summed E-state index contributed by atoms with van der Waals surface area (Å²) in [5, 5.41) is 10.6. The monoisotopic (exact) mass is 582 g/mol. The Morgan fingerprint density at radius 3 is 2.46 bits per heavy atom. The minimum absolute atomic E-state index is 0.0449. The molecule has 3 aliphatic rings. The maximum absolute atomic E-state index is 14.9. The summed E-state index contributed by atoms with van der Waals surface area (Å²) in [6, 6.07) is 8.28. The number of benzene rings is 1. The second kappa shape index (κ2) is 12.0. The molecule has 1 spiro atoms. The van der Waals surface area contributed by atoms with E-state index in [4.69, 9.17) is 4.74 Å². The predicted octanol–water partition coefficient (Wildman–Crippen LogP) is 4.64. The molecule has 3 heterocycles. The van der Waals surface area contributed by atoms with E-state index in [0.29, 0.717) is 19.4 Å². The number of carbonyl (C=O) groups is 3. The van der Waals surface area contributed by atoms with Crippen molar-refractivity contribution < 1.29 is 24.2 Å². The second-order valence-electron chi connectivity index (χ2n) is 13.5. The molecule has 8 heteroatoms. The molecular formula is C33H46N2O5S. The normalized spacial score (nSPS) is 27.9. The molecule has 0 saturated carbocycles.